The van der Waals surface area contributed by atoms with Crippen molar-refractivity contribution in [2.75, 3.05) is 6.54 Å². The Bertz CT molecular complexity index is 751. The minimum absolute atomic E-state index is 0.0907. The third-order valence-corrected chi connectivity index (χ3v) is 6.40. The molecule has 2 heterocycles. The van der Waals surface area contributed by atoms with Crippen molar-refractivity contribution in [3.63, 3.8) is 0 Å². The van der Waals surface area contributed by atoms with E-state index in [4.69, 9.17) is 4.74 Å². The first-order valence-corrected chi connectivity index (χ1v) is 10.9. The number of pyridine rings is 1. The van der Waals surface area contributed by atoms with Gasteiger partial charge < -0.3 is 10.1 Å². The normalized spacial score (nSPS) is 24.6. The van der Waals surface area contributed by atoms with Gasteiger partial charge >= 0.3 is 0 Å². The number of imide groups is 1. The molecule has 2 aliphatic carbocycles. The van der Waals surface area contributed by atoms with Gasteiger partial charge in [-0.1, -0.05) is 18.9 Å². The van der Waals surface area contributed by atoms with Crippen LogP contribution in [0.25, 0.3) is 0 Å². The molecular weight excluding hydrogens is 370 g/mol. The molecule has 7 heteroatoms. The lowest BCUT2D eigenvalue weighted by Gasteiger charge is -2.19. The number of aromatic nitrogens is 1. The Hall–Kier alpha value is -2.44. The Morgan fingerprint density at radius 3 is 2.41 bits per heavy atom. The van der Waals surface area contributed by atoms with Crippen LogP contribution in [0.5, 0.6) is 5.88 Å². The van der Waals surface area contributed by atoms with Gasteiger partial charge in [0.25, 0.3) is 0 Å². The van der Waals surface area contributed by atoms with Crippen LogP contribution in [0.15, 0.2) is 18.3 Å². The Morgan fingerprint density at radius 1 is 1.07 bits per heavy atom. The number of likely N-dealkylation sites (tertiary alicyclic amines) is 1. The number of rotatable bonds is 7. The van der Waals surface area contributed by atoms with Crippen molar-refractivity contribution in [3.8, 4) is 5.88 Å². The molecule has 3 aliphatic rings. The second-order valence-electron chi connectivity index (χ2n) is 8.34. The van der Waals surface area contributed by atoms with Gasteiger partial charge in [0.15, 0.2) is 0 Å². The van der Waals surface area contributed by atoms with Gasteiger partial charge in [0.1, 0.15) is 6.10 Å². The Morgan fingerprint density at radius 2 is 1.72 bits per heavy atom. The van der Waals surface area contributed by atoms with Gasteiger partial charge in [0, 0.05) is 31.3 Å². The van der Waals surface area contributed by atoms with Crippen LogP contribution in [0.1, 0.15) is 63.4 Å². The molecule has 2 saturated carbocycles. The van der Waals surface area contributed by atoms with Crippen LogP contribution >= 0.6 is 0 Å². The lowest BCUT2D eigenvalue weighted by Crippen LogP contribution is -2.35. The van der Waals surface area contributed by atoms with E-state index in [1.165, 1.54) is 17.7 Å². The molecule has 0 aromatic carbocycles. The molecule has 1 aliphatic heterocycles. The van der Waals surface area contributed by atoms with Crippen LogP contribution in [0.4, 0.5) is 0 Å². The summed E-state index contributed by atoms with van der Waals surface area (Å²) in [6.07, 6.45) is 10.1. The van der Waals surface area contributed by atoms with E-state index in [2.05, 4.69) is 10.3 Å². The molecule has 1 saturated heterocycles. The Kier molecular flexibility index (Phi) is 6.11. The van der Waals surface area contributed by atoms with Crippen molar-refractivity contribution < 1.29 is 19.1 Å². The van der Waals surface area contributed by atoms with Gasteiger partial charge in [-0.05, 0) is 44.6 Å². The summed E-state index contributed by atoms with van der Waals surface area (Å²) in [5, 5.41) is 2.87. The third-order valence-electron chi connectivity index (χ3n) is 6.40. The highest BCUT2D eigenvalue weighted by atomic mass is 16.5. The second-order valence-corrected chi connectivity index (χ2v) is 8.34. The summed E-state index contributed by atoms with van der Waals surface area (Å²) in [4.78, 5) is 43.0. The summed E-state index contributed by atoms with van der Waals surface area (Å²) in [5.41, 5.74) is 0.840. The zero-order chi connectivity index (χ0) is 20.2. The SMILES string of the molecule is O=C(CCN1C(=O)C2CCCCC2C1=O)NCc1cccnc1OC1CCCC1. The fourth-order valence-corrected chi connectivity index (χ4v) is 4.78. The standard InChI is InChI=1S/C22H29N3O4/c26-19(11-13-25-21(27)17-9-3-4-10-18(17)22(25)28)24-14-15-6-5-12-23-20(15)29-16-7-1-2-8-16/h5-6,12,16-18H,1-4,7-11,13-14H2,(H,24,26). The quantitative estimate of drug-likeness (QED) is 0.712. The fourth-order valence-electron chi connectivity index (χ4n) is 4.78. The van der Waals surface area contributed by atoms with E-state index in [1.54, 1.807) is 6.20 Å². The second kappa shape index (κ2) is 8.93. The first-order chi connectivity index (χ1) is 14.1. The van der Waals surface area contributed by atoms with E-state index in [0.717, 1.165) is 44.1 Å². The highest BCUT2D eigenvalue weighted by Gasteiger charge is 2.47. The molecule has 3 fully saturated rings. The number of fused-ring (bicyclic) bond motifs is 1. The van der Waals surface area contributed by atoms with Crippen molar-refractivity contribution in [3.05, 3.63) is 23.9 Å². The zero-order valence-electron chi connectivity index (χ0n) is 16.8. The van der Waals surface area contributed by atoms with E-state index < -0.39 is 0 Å². The van der Waals surface area contributed by atoms with Crippen molar-refractivity contribution >= 4 is 17.7 Å². The monoisotopic (exact) mass is 399 g/mol. The molecule has 1 aromatic heterocycles. The molecule has 7 nitrogen and oxygen atoms in total. The summed E-state index contributed by atoms with van der Waals surface area (Å²) in [5.74, 6) is -0.112. The minimum Gasteiger partial charge on any atom is -0.474 e. The molecule has 1 N–H and O–H groups in total. The summed E-state index contributed by atoms with van der Waals surface area (Å²) in [7, 11) is 0. The molecule has 0 spiro atoms. The number of hydrogen-bond acceptors (Lipinski definition) is 5. The average Bonchev–Trinajstić information content (AvgIpc) is 3.33. The van der Waals surface area contributed by atoms with Crippen molar-refractivity contribution in [1.82, 2.24) is 15.2 Å². The number of nitrogens with zero attached hydrogens (tertiary/aromatic N) is 2. The summed E-state index contributed by atoms with van der Waals surface area (Å²) in [6.45, 7) is 0.483. The fraction of sp³-hybridized carbons (Fsp3) is 0.636. The van der Waals surface area contributed by atoms with Gasteiger partial charge in [0.2, 0.25) is 23.6 Å². The van der Waals surface area contributed by atoms with Gasteiger partial charge in [-0.3, -0.25) is 19.3 Å². The molecule has 3 amide bonds. The molecule has 29 heavy (non-hydrogen) atoms. The summed E-state index contributed by atoms with van der Waals surface area (Å²) >= 11 is 0. The molecule has 0 bridgehead atoms. The van der Waals surface area contributed by atoms with Crippen molar-refractivity contribution in [2.24, 2.45) is 11.8 Å². The van der Waals surface area contributed by atoms with Crippen molar-refractivity contribution in [2.45, 2.75) is 70.4 Å². The van der Waals surface area contributed by atoms with E-state index >= 15 is 0 Å². The lowest BCUT2D eigenvalue weighted by molar-refractivity contribution is -0.140. The topological polar surface area (TPSA) is 88.6 Å². The number of nitrogens with one attached hydrogen (secondary N) is 1. The highest BCUT2D eigenvalue weighted by Crippen LogP contribution is 2.38. The van der Waals surface area contributed by atoms with E-state index in [-0.39, 0.29) is 48.6 Å². The van der Waals surface area contributed by atoms with Gasteiger partial charge in [-0.2, -0.15) is 0 Å². The van der Waals surface area contributed by atoms with Crippen LogP contribution in [0.2, 0.25) is 0 Å². The van der Waals surface area contributed by atoms with Crippen LogP contribution in [-0.2, 0) is 20.9 Å². The smallest absolute Gasteiger partial charge is 0.233 e. The van der Waals surface area contributed by atoms with E-state index in [1.807, 2.05) is 12.1 Å². The first kappa shape index (κ1) is 19.9. The lowest BCUT2D eigenvalue weighted by atomic mass is 9.81. The number of carbonyl (C=O) groups is 3. The summed E-state index contributed by atoms with van der Waals surface area (Å²) < 4.78 is 6.00. The maximum atomic E-state index is 12.5. The zero-order valence-corrected chi connectivity index (χ0v) is 16.8. The number of ether oxygens (including phenoxy) is 1. The number of hydrogen-bond donors (Lipinski definition) is 1. The van der Waals surface area contributed by atoms with Gasteiger partial charge in [-0.25, -0.2) is 4.98 Å². The van der Waals surface area contributed by atoms with Crippen molar-refractivity contribution in [1.29, 1.82) is 0 Å². The third kappa shape index (κ3) is 4.43. The molecule has 4 rings (SSSR count). The Balaban J connectivity index is 1.27. The summed E-state index contributed by atoms with van der Waals surface area (Å²) in [6, 6.07) is 3.72. The first-order valence-electron chi connectivity index (χ1n) is 10.9. The average molecular weight is 399 g/mol. The van der Waals surface area contributed by atoms with Crippen LogP contribution < -0.4 is 10.1 Å². The maximum Gasteiger partial charge on any atom is 0.233 e. The Labute approximate surface area is 171 Å². The molecule has 0 radical (unpaired) electrons. The predicted octanol–water partition coefficient (Wildman–Crippen LogP) is 2.58. The predicted molar refractivity (Wildman–Crippen MR) is 106 cm³/mol. The number of carbonyl (C=O) groups excluding carboxylic acids is 3. The van der Waals surface area contributed by atoms with Crippen LogP contribution in [0, 0.1) is 11.8 Å². The molecule has 156 valence electrons. The van der Waals surface area contributed by atoms with Crippen LogP contribution in [-0.4, -0.2) is 40.3 Å². The minimum atomic E-state index is -0.184. The highest BCUT2D eigenvalue weighted by molar-refractivity contribution is 6.05. The largest absolute Gasteiger partial charge is 0.474 e. The molecule has 2 unspecified atom stereocenters. The molecule has 1 aromatic rings. The van der Waals surface area contributed by atoms with Crippen LogP contribution in [0.3, 0.4) is 0 Å². The van der Waals surface area contributed by atoms with Gasteiger partial charge in [0.05, 0.1) is 11.8 Å². The van der Waals surface area contributed by atoms with E-state index in [9.17, 15) is 14.4 Å². The van der Waals surface area contributed by atoms with Gasteiger partial charge in [-0.15, -0.1) is 0 Å². The maximum absolute atomic E-state index is 12.5. The molecular formula is C22H29N3O4. The number of amides is 3. The molecule has 2 atom stereocenters. The van der Waals surface area contributed by atoms with E-state index in [0.29, 0.717) is 12.4 Å².